The summed E-state index contributed by atoms with van der Waals surface area (Å²) in [6.45, 7) is 2.23. The van der Waals surface area contributed by atoms with Gasteiger partial charge >= 0.3 is 5.97 Å². The minimum absolute atomic E-state index is 0.218. The van der Waals surface area contributed by atoms with Gasteiger partial charge in [-0.05, 0) is 36.5 Å². The van der Waals surface area contributed by atoms with Gasteiger partial charge in [-0.25, -0.2) is 4.39 Å². The lowest BCUT2D eigenvalue weighted by Gasteiger charge is -2.15. The molecule has 4 nitrogen and oxygen atoms in total. The van der Waals surface area contributed by atoms with Gasteiger partial charge in [0.1, 0.15) is 5.82 Å². The molecule has 0 bridgehead atoms. The number of carboxylic acid groups (broad SMARTS) is 1. The highest BCUT2D eigenvalue weighted by Gasteiger charge is 2.41. The summed E-state index contributed by atoms with van der Waals surface area (Å²) in [6.07, 6.45) is 2.06. The van der Waals surface area contributed by atoms with Crippen LogP contribution >= 0.6 is 0 Å². The fraction of sp³-hybridized carbons (Fsp3) is 0.500. The van der Waals surface area contributed by atoms with E-state index < -0.39 is 17.8 Å². The highest BCUT2D eigenvalue weighted by Crippen LogP contribution is 2.38. The third-order valence-electron chi connectivity index (χ3n) is 4.25. The van der Waals surface area contributed by atoms with Gasteiger partial charge in [-0.15, -0.1) is 0 Å². The number of hydrogen-bond donors (Lipinski definition) is 2. The summed E-state index contributed by atoms with van der Waals surface area (Å²) < 4.78 is 13.1. The molecule has 3 atom stereocenters. The minimum atomic E-state index is -0.906. The van der Waals surface area contributed by atoms with E-state index in [9.17, 15) is 19.1 Å². The van der Waals surface area contributed by atoms with Crippen molar-refractivity contribution in [3.05, 3.63) is 35.6 Å². The van der Waals surface area contributed by atoms with Gasteiger partial charge in [0, 0.05) is 6.54 Å². The molecule has 2 rings (SSSR count). The molecule has 0 spiro atoms. The Labute approximate surface area is 123 Å². The molecule has 1 fully saturated rings. The smallest absolute Gasteiger partial charge is 0.307 e. The average molecular weight is 293 g/mol. The maximum absolute atomic E-state index is 13.1. The van der Waals surface area contributed by atoms with E-state index in [-0.39, 0.29) is 24.2 Å². The van der Waals surface area contributed by atoms with E-state index in [0.717, 1.165) is 6.42 Å². The summed E-state index contributed by atoms with van der Waals surface area (Å²) in [5.41, 5.74) is 0.667. The van der Waals surface area contributed by atoms with Crippen molar-refractivity contribution in [2.24, 2.45) is 17.8 Å². The molecule has 0 aliphatic heterocycles. The number of benzene rings is 1. The second kappa shape index (κ2) is 6.70. The van der Waals surface area contributed by atoms with E-state index in [0.29, 0.717) is 18.4 Å². The zero-order chi connectivity index (χ0) is 15.4. The molecule has 21 heavy (non-hydrogen) atoms. The number of nitrogens with one attached hydrogen (secondary N) is 1. The molecule has 1 unspecified atom stereocenters. The van der Waals surface area contributed by atoms with Crippen LogP contribution in [-0.4, -0.2) is 17.0 Å². The predicted molar refractivity (Wildman–Crippen MR) is 75.9 cm³/mol. The van der Waals surface area contributed by atoms with E-state index in [1.54, 1.807) is 12.1 Å². The Morgan fingerprint density at radius 3 is 2.67 bits per heavy atom. The maximum Gasteiger partial charge on any atom is 0.307 e. The number of rotatable bonds is 5. The molecule has 1 aromatic rings. The number of halogens is 1. The lowest BCUT2D eigenvalue weighted by Crippen LogP contribution is -2.34. The van der Waals surface area contributed by atoms with Gasteiger partial charge in [-0.2, -0.15) is 0 Å². The number of hydrogen-bond acceptors (Lipinski definition) is 2. The van der Waals surface area contributed by atoms with Crippen LogP contribution in [0.3, 0.4) is 0 Å². The molecule has 0 aromatic heterocycles. The molecule has 0 heterocycles. The minimum Gasteiger partial charge on any atom is -0.481 e. The van der Waals surface area contributed by atoms with E-state index >= 15 is 0 Å². The highest BCUT2D eigenvalue weighted by molar-refractivity contribution is 5.85. The first kappa shape index (κ1) is 15.5. The number of amides is 1. The third-order valence-corrected chi connectivity index (χ3v) is 4.25. The zero-order valence-corrected chi connectivity index (χ0v) is 12.0. The van der Waals surface area contributed by atoms with Crippen LogP contribution in [0.25, 0.3) is 0 Å². The maximum atomic E-state index is 13.1. The number of aliphatic carboxylic acids is 1. The first-order chi connectivity index (χ1) is 10.0. The fourth-order valence-corrected chi connectivity index (χ4v) is 3.01. The topological polar surface area (TPSA) is 66.4 Å². The van der Waals surface area contributed by atoms with Crippen molar-refractivity contribution in [1.82, 2.24) is 5.32 Å². The number of carbonyl (C=O) groups is 2. The van der Waals surface area contributed by atoms with Crippen molar-refractivity contribution >= 4 is 11.9 Å². The average Bonchev–Trinajstić information content (AvgIpc) is 2.89. The number of carbonyl (C=O) groups excluding carboxylic acids is 1. The molecular formula is C16H20FNO3. The molecule has 1 aliphatic carbocycles. The van der Waals surface area contributed by atoms with Crippen LogP contribution in [0.5, 0.6) is 0 Å². The molecule has 1 amide bonds. The van der Waals surface area contributed by atoms with Crippen molar-refractivity contribution in [3.8, 4) is 0 Å². The summed E-state index contributed by atoms with van der Waals surface area (Å²) in [5.74, 6) is -2.31. The molecule has 5 heteroatoms. The van der Waals surface area contributed by atoms with Gasteiger partial charge < -0.3 is 10.4 Å². The lowest BCUT2D eigenvalue weighted by atomic mass is 9.95. The molecule has 1 saturated carbocycles. The van der Waals surface area contributed by atoms with Crippen molar-refractivity contribution in [2.75, 3.05) is 0 Å². The van der Waals surface area contributed by atoms with Crippen molar-refractivity contribution in [2.45, 2.75) is 32.7 Å². The Bertz CT molecular complexity index is 532. The second-order valence-electron chi connectivity index (χ2n) is 5.64. The molecule has 1 aromatic carbocycles. The molecule has 114 valence electrons. The first-order valence-corrected chi connectivity index (χ1v) is 7.26. The van der Waals surface area contributed by atoms with Crippen LogP contribution in [0, 0.1) is 23.6 Å². The quantitative estimate of drug-likeness (QED) is 0.877. The van der Waals surface area contributed by atoms with Crippen LogP contribution in [0.15, 0.2) is 24.3 Å². The Kier molecular flexibility index (Phi) is 4.94. The van der Waals surface area contributed by atoms with Gasteiger partial charge in [0.05, 0.1) is 11.8 Å². The van der Waals surface area contributed by atoms with E-state index in [4.69, 9.17) is 0 Å². The monoisotopic (exact) mass is 293 g/mol. The summed E-state index contributed by atoms with van der Waals surface area (Å²) in [5, 5.41) is 12.0. The van der Waals surface area contributed by atoms with Crippen LogP contribution in [-0.2, 0) is 16.1 Å². The van der Waals surface area contributed by atoms with Gasteiger partial charge in [-0.3, -0.25) is 9.59 Å². The Hall–Kier alpha value is -1.91. The Morgan fingerprint density at radius 2 is 2.05 bits per heavy atom. The normalized spacial score (nSPS) is 24.8. The van der Waals surface area contributed by atoms with Crippen LogP contribution < -0.4 is 5.32 Å². The molecular weight excluding hydrogens is 273 g/mol. The SMILES string of the molecule is CCC1C[C@H](C(=O)NCc2cccc(F)c2)[C@H](C(=O)O)C1. The summed E-state index contributed by atoms with van der Waals surface area (Å²) in [4.78, 5) is 23.5. The highest BCUT2D eigenvalue weighted by atomic mass is 19.1. The largest absolute Gasteiger partial charge is 0.481 e. The van der Waals surface area contributed by atoms with Crippen LogP contribution in [0.2, 0.25) is 0 Å². The number of carboxylic acids is 1. The van der Waals surface area contributed by atoms with Gasteiger partial charge in [0.2, 0.25) is 5.91 Å². The lowest BCUT2D eigenvalue weighted by molar-refractivity contribution is -0.146. The fourth-order valence-electron chi connectivity index (χ4n) is 3.01. The van der Waals surface area contributed by atoms with E-state index in [1.165, 1.54) is 12.1 Å². The van der Waals surface area contributed by atoms with Crippen molar-refractivity contribution in [1.29, 1.82) is 0 Å². The molecule has 2 N–H and O–H groups in total. The van der Waals surface area contributed by atoms with Gasteiger partial charge in [0.15, 0.2) is 0 Å². The standard InChI is InChI=1S/C16H20FNO3/c1-2-10-7-13(14(8-10)16(20)21)15(19)18-9-11-4-3-5-12(17)6-11/h3-6,10,13-14H,2,7-9H2,1H3,(H,18,19)(H,20,21)/t10?,13-,14+/m0/s1. The van der Waals surface area contributed by atoms with Crippen molar-refractivity contribution < 1.29 is 19.1 Å². The first-order valence-electron chi connectivity index (χ1n) is 7.26. The Balaban J connectivity index is 1.97. The van der Waals surface area contributed by atoms with Crippen molar-refractivity contribution in [3.63, 3.8) is 0 Å². The zero-order valence-electron chi connectivity index (χ0n) is 12.0. The van der Waals surface area contributed by atoms with Gasteiger partial charge in [0.25, 0.3) is 0 Å². The molecule has 0 radical (unpaired) electrons. The van der Waals surface area contributed by atoms with Crippen LogP contribution in [0.1, 0.15) is 31.7 Å². The molecule has 0 saturated heterocycles. The third kappa shape index (κ3) is 3.80. The van der Waals surface area contributed by atoms with E-state index in [1.807, 2.05) is 6.92 Å². The van der Waals surface area contributed by atoms with Gasteiger partial charge in [-0.1, -0.05) is 25.5 Å². The predicted octanol–water partition coefficient (Wildman–Crippen LogP) is 2.58. The van der Waals surface area contributed by atoms with E-state index in [2.05, 4.69) is 5.32 Å². The second-order valence-corrected chi connectivity index (χ2v) is 5.64. The summed E-state index contributed by atoms with van der Waals surface area (Å²) >= 11 is 0. The summed E-state index contributed by atoms with van der Waals surface area (Å²) in [7, 11) is 0. The molecule has 1 aliphatic rings. The Morgan fingerprint density at radius 1 is 1.33 bits per heavy atom. The van der Waals surface area contributed by atoms with Crippen LogP contribution in [0.4, 0.5) is 4.39 Å². The summed E-state index contributed by atoms with van der Waals surface area (Å²) in [6, 6.07) is 6.01.